The zero-order valence-electron chi connectivity index (χ0n) is 10.9. The lowest BCUT2D eigenvalue weighted by Gasteiger charge is -2.28. The highest BCUT2D eigenvalue weighted by Gasteiger charge is 2.26. The van der Waals surface area contributed by atoms with Gasteiger partial charge in [0.2, 0.25) is 0 Å². The highest BCUT2D eigenvalue weighted by Crippen LogP contribution is 2.24. The first kappa shape index (κ1) is 13.3. The lowest BCUT2D eigenvalue weighted by Crippen LogP contribution is -2.31. The van der Waals surface area contributed by atoms with Crippen molar-refractivity contribution >= 4 is 6.16 Å². The first-order valence-corrected chi connectivity index (χ1v) is 6.27. The van der Waals surface area contributed by atoms with E-state index in [4.69, 9.17) is 9.47 Å². The van der Waals surface area contributed by atoms with E-state index in [2.05, 4.69) is 0 Å². The van der Waals surface area contributed by atoms with Crippen molar-refractivity contribution in [2.75, 3.05) is 0 Å². The van der Waals surface area contributed by atoms with Crippen molar-refractivity contribution in [3.63, 3.8) is 0 Å². The van der Waals surface area contributed by atoms with Gasteiger partial charge in [-0.25, -0.2) is 4.79 Å². The molecule has 94 valence electrons. The molecule has 0 heterocycles. The van der Waals surface area contributed by atoms with Gasteiger partial charge in [-0.15, -0.1) is 0 Å². The van der Waals surface area contributed by atoms with Crippen LogP contribution >= 0.6 is 0 Å². The van der Waals surface area contributed by atoms with E-state index in [0.29, 0.717) is 0 Å². The van der Waals surface area contributed by atoms with Gasteiger partial charge in [-0.2, -0.15) is 0 Å². The Bertz CT molecular complexity index is 224. The van der Waals surface area contributed by atoms with E-state index in [1.165, 1.54) is 6.42 Å². The van der Waals surface area contributed by atoms with Gasteiger partial charge in [0.25, 0.3) is 0 Å². The fourth-order valence-electron chi connectivity index (χ4n) is 1.67. The van der Waals surface area contributed by atoms with Gasteiger partial charge in [0, 0.05) is 0 Å². The first-order valence-electron chi connectivity index (χ1n) is 6.27. The van der Waals surface area contributed by atoms with Crippen LogP contribution in [0.2, 0.25) is 0 Å². The monoisotopic (exact) mass is 228 g/mol. The van der Waals surface area contributed by atoms with E-state index in [9.17, 15) is 4.79 Å². The fourth-order valence-corrected chi connectivity index (χ4v) is 1.67. The van der Waals surface area contributed by atoms with Crippen LogP contribution in [0.5, 0.6) is 0 Å². The molecule has 1 atom stereocenters. The number of hydrogen-bond donors (Lipinski definition) is 0. The molecule has 1 aliphatic rings. The SMILES string of the molecule is C[C@H](OC(=O)OC1CCCCC1)C(C)(C)C. The van der Waals surface area contributed by atoms with Crippen LogP contribution < -0.4 is 0 Å². The zero-order valence-corrected chi connectivity index (χ0v) is 10.9. The molecule has 0 saturated heterocycles. The summed E-state index contributed by atoms with van der Waals surface area (Å²) in [6, 6.07) is 0. The Morgan fingerprint density at radius 3 is 2.25 bits per heavy atom. The molecule has 3 heteroatoms. The average Bonchev–Trinajstić information content (AvgIpc) is 2.17. The maximum atomic E-state index is 11.5. The van der Waals surface area contributed by atoms with E-state index in [1.807, 2.05) is 27.7 Å². The molecule has 3 nitrogen and oxygen atoms in total. The van der Waals surface area contributed by atoms with E-state index in [1.54, 1.807) is 0 Å². The molecule has 0 amide bonds. The van der Waals surface area contributed by atoms with Crippen LogP contribution in [0, 0.1) is 5.41 Å². The minimum atomic E-state index is -0.505. The first-order chi connectivity index (χ1) is 7.39. The van der Waals surface area contributed by atoms with Crippen LogP contribution in [0.25, 0.3) is 0 Å². The molecular weight excluding hydrogens is 204 g/mol. The molecule has 0 aromatic carbocycles. The number of rotatable bonds is 2. The highest BCUT2D eigenvalue weighted by atomic mass is 16.7. The maximum Gasteiger partial charge on any atom is 0.508 e. The van der Waals surface area contributed by atoms with Crippen molar-refractivity contribution in [1.29, 1.82) is 0 Å². The number of hydrogen-bond acceptors (Lipinski definition) is 3. The predicted molar refractivity (Wildman–Crippen MR) is 63.4 cm³/mol. The molecule has 1 rings (SSSR count). The van der Waals surface area contributed by atoms with Gasteiger partial charge in [0.05, 0.1) is 0 Å². The molecule has 0 bridgehead atoms. The quantitative estimate of drug-likeness (QED) is 0.672. The largest absolute Gasteiger partial charge is 0.508 e. The predicted octanol–water partition coefficient (Wildman–Crippen LogP) is 3.91. The fraction of sp³-hybridized carbons (Fsp3) is 0.923. The number of ether oxygens (including phenoxy) is 2. The summed E-state index contributed by atoms with van der Waals surface area (Å²) >= 11 is 0. The third-order valence-electron chi connectivity index (χ3n) is 3.31. The van der Waals surface area contributed by atoms with Gasteiger partial charge in [-0.05, 0) is 38.0 Å². The van der Waals surface area contributed by atoms with Crippen LogP contribution in [0.1, 0.15) is 59.8 Å². The highest BCUT2D eigenvalue weighted by molar-refractivity contribution is 5.60. The summed E-state index contributed by atoms with van der Waals surface area (Å²) in [5.41, 5.74) is -0.0361. The topological polar surface area (TPSA) is 35.5 Å². The minimum Gasteiger partial charge on any atom is -0.431 e. The molecule has 0 N–H and O–H groups in total. The molecular formula is C13H24O3. The molecule has 0 aromatic rings. The van der Waals surface area contributed by atoms with E-state index >= 15 is 0 Å². The van der Waals surface area contributed by atoms with Gasteiger partial charge in [-0.3, -0.25) is 0 Å². The Morgan fingerprint density at radius 1 is 1.19 bits per heavy atom. The molecule has 1 fully saturated rings. The van der Waals surface area contributed by atoms with Gasteiger partial charge in [0.1, 0.15) is 12.2 Å². The Balaban J connectivity index is 2.29. The third-order valence-corrected chi connectivity index (χ3v) is 3.31. The van der Waals surface area contributed by atoms with Crippen molar-refractivity contribution in [2.45, 2.75) is 72.0 Å². The summed E-state index contributed by atoms with van der Waals surface area (Å²) in [7, 11) is 0. The van der Waals surface area contributed by atoms with Crippen molar-refractivity contribution in [3.05, 3.63) is 0 Å². The summed E-state index contributed by atoms with van der Waals surface area (Å²) in [6.45, 7) is 8.05. The van der Waals surface area contributed by atoms with E-state index < -0.39 is 6.16 Å². The molecule has 0 radical (unpaired) electrons. The third kappa shape index (κ3) is 4.42. The lowest BCUT2D eigenvalue weighted by atomic mass is 9.90. The summed E-state index contributed by atoms with van der Waals surface area (Å²) in [5, 5.41) is 0. The smallest absolute Gasteiger partial charge is 0.431 e. The minimum absolute atomic E-state index is 0.0361. The summed E-state index contributed by atoms with van der Waals surface area (Å²) in [6.07, 6.45) is 5.00. The number of carbonyl (C=O) groups is 1. The molecule has 0 spiro atoms. The van der Waals surface area contributed by atoms with Crippen LogP contribution in [0.4, 0.5) is 4.79 Å². The van der Waals surface area contributed by atoms with Gasteiger partial charge in [0.15, 0.2) is 0 Å². The van der Waals surface area contributed by atoms with Gasteiger partial charge >= 0.3 is 6.16 Å². The van der Waals surface area contributed by atoms with Crippen molar-refractivity contribution in [1.82, 2.24) is 0 Å². The molecule has 16 heavy (non-hydrogen) atoms. The Kier molecular flexibility index (Phi) is 4.63. The molecule has 0 unspecified atom stereocenters. The van der Waals surface area contributed by atoms with Crippen molar-refractivity contribution in [2.24, 2.45) is 5.41 Å². The Hall–Kier alpha value is -0.730. The van der Waals surface area contributed by atoms with Crippen LogP contribution in [-0.2, 0) is 9.47 Å². The standard InChI is InChI=1S/C13H24O3/c1-10(13(2,3)4)15-12(14)16-11-8-6-5-7-9-11/h10-11H,5-9H2,1-4H3/t10-/m0/s1. The summed E-state index contributed by atoms with van der Waals surface area (Å²) in [5.74, 6) is 0. The molecule has 1 saturated carbocycles. The van der Waals surface area contributed by atoms with Gasteiger partial charge < -0.3 is 9.47 Å². The van der Waals surface area contributed by atoms with Crippen LogP contribution in [0.15, 0.2) is 0 Å². The zero-order chi connectivity index (χ0) is 12.2. The van der Waals surface area contributed by atoms with E-state index in [0.717, 1.165) is 25.7 Å². The molecule has 0 aromatic heterocycles. The number of carbonyl (C=O) groups excluding carboxylic acids is 1. The van der Waals surface area contributed by atoms with Crippen LogP contribution in [0.3, 0.4) is 0 Å². The van der Waals surface area contributed by atoms with Crippen molar-refractivity contribution in [3.8, 4) is 0 Å². The second-order valence-electron chi connectivity index (χ2n) is 5.75. The second-order valence-corrected chi connectivity index (χ2v) is 5.75. The summed E-state index contributed by atoms with van der Waals surface area (Å²) in [4.78, 5) is 11.5. The lowest BCUT2D eigenvalue weighted by molar-refractivity contribution is -0.0330. The molecule has 1 aliphatic carbocycles. The summed E-state index contributed by atoms with van der Waals surface area (Å²) < 4.78 is 10.6. The van der Waals surface area contributed by atoms with Crippen molar-refractivity contribution < 1.29 is 14.3 Å². The van der Waals surface area contributed by atoms with E-state index in [-0.39, 0.29) is 17.6 Å². The average molecular weight is 228 g/mol. The Labute approximate surface area is 98.5 Å². The normalized spacial score (nSPS) is 20.2. The Morgan fingerprint density at radius 2 is 1.75 bits per heavy atom. The maximum absolute atomic E-state index is 11.5. The van der Waals surface area contributed by atoms with Gasteiger partial charge in [-0.1, -0.05) is 27.2 Å². The second kappa shape index (κ2) is 5.55. The molecule has 0 aliphatic heterocycles. The van der Waals surface area contributed by atoms with Crippen LogP contribution in [-0.4, -0.2) is 18.4 Å².